The zero-order valence-electron chi connectivity index (χ0n) is 7.64. The summed E-state index contributed by atoms with van der Waals surface area (Å²) in [7, 11) is 0. The third-order valence-corrected chi connectivity index (χ3v) is 2.31. The maximum atomic E-state index is 10.5. The van der Waals surface area contributed by atoms with Crippen LogP contribution in [0.3, 0.4) is 0 Å². The molecule has 0 saturated carbocycles. The van der Waals surface area contributed by atoms with Crippen LogP contribution in [0.4, 0.5) is 5.69 Å². The summed E-state index contributed by atoms with van der Waals surface area (Å²) in [6.07, 6.45) is 0.962. The Morgan fingerprint density at radius 3 is 2.86 bits per heavy atom. The minimum Gasteiger partial charge on any atom is -0.480 e. The quantitative estimate of drug-likeness (QED) is 0.811. The van der Waals surface area contributed by atoms with Crippen LogP contribution in [0.1, 0.15) is 5.56 Å². The number of anilines is 1. The van der Waals surface area contributed by atoms with Crippen molar-refractivity contribution < 1.29 is 9.90 Å². The molecule has 2 rings (SSSR count). The number of fused-ring (bicyclic) bond motifs is 1. The zero-order valence-corrected chi connectivity index (χ0v) is 8.46. The van der Waals surface area contributed by atoms with Crippen molar-refractivity contribution in [2.45, 2.75) is 6.42 Å². The van der Waals surface area contributed by atoms with Crippen molar-refractivity contribution in [3.05, 3.63) is 29.8 Å². The first-order chi connectivity index (χ1) is 6.27. The first-order valence-corrected chi connectivity index (χ1v) is 4.32. The largest absolute Gasteiger partial charge is 0.480 e. The Balaban J connectivity index is 0.000000980. The molecule has 0 saturated heterocycles. The number of benzene rings is 1. The predicted octanol–water partition coefficient (Wildman–Crippen LogP) is 1.56. The van der Waals surface area contributed by atoms with E-state index in [-0.39, 0.29) is 19.0 Å². The minimum absolute atomic E-state index is 0. The van der Waals surface area contributed by atoms with Gasteiger partial charge < -0.3 is 10.0 Å². The molecule has 1 heterocycles. The van der Waals surface area contributed by atoms with Crippen molar-refractivity contribution in [2.75, 3.05) is 18.0 Å². The Kier molecular flexibility index (Phi) is 3.36. The van der Waals surface area contributed by atoms with Gasteiger partial charge in [-0.1, -0.05) is 18.2 Å². The highest BCUT2D eigenvalue weighted by molar-refractivity contribution is 5.85. The van der Waals surface area contributed by atoms with Crippen LogP contribution in [0, 0.1) is 0 Å². The lowest BCUT2D eigenvalue weighted by Crippen LogP contribution is -2.27. The number of hydrogen-bond donors (Lipinski definition) is 1. The number of aliphatic carboxylic acids is 1. The highest BCUT2D eigenvalue weighted by Crippen LogP contribution is 2.26. The second-order valence-electron chi connectivity index (χ2n) is 3.19. The Morgan fingerprint density at radius 1 is 1.43 bits per heavy atom. The zero-order chi connectivity index (χ0) is 9.26. The molecule has 1 N–H and O–H groups in total. The summed E-state index contributed by atoms with van der Waals surface area (Å²) < 4.78 is 0. The van der Waals surface area contributed by atoms with Crippen molar-refractivity contribution in [2.24, 2.45) is 0 Å². The number of carbonyl (C=O) groups is 1. The number of rotatable bonds is 2. The average Bonchev–Trinajstić information content (AvgIpc) is 2.48. The van der Waals surface area contributed by atoms with Gasteiger partial charge in [-0.25, -0.2) is 0 Å². The van der Waals surface area contributed by atoms with E-state index in [0.29, 0.717) is 0 Å². The number of hydrogen-bond acceptors (Lipinski definition) is 2. The van der Waals surface area contributed by atoms with Crippen LogP contribution >= 0.6 is 12.4 Å². The first kappa shape index (κ1) is 10.9. The predicted molar refractivity (Wildman–Crippen MR) is 57.2 cm³/mol. The maximum absolute atomic E-state index is 10.5. The molecule has 0 fully saturated rings. The van der Waals surface area contributed by atoms with Gasteiger partial charge in [0.1, 0.15) is 6.54 Å². The Morgan fingerprint density at radius 2 is 2.14 bits per heavy atom. The summed E-state index contributed by atoms with van der Waals surface area (Å²) in [4.78, 5) is 12.4. The molecule has 0 unspecified atom stereocenters. The van der Waals surface area contributed by atoms with Crippen LogP contribution in [0.25, 0.3) is 0 Å². The van der Waals surface area contributed by atoms with E-state index in [4.69, 9.17) is 5.11 Å². The van der Waals surface area contributed by atoms with Crippen molar-refractivity contribution in [1.82, 2.24) is 0 Å². The molecule has 3 nitrogen and oxygen atoms in total. The monoisotopic (exact) mass is 213 g/mol. The minimum atomic E-state index is -0.767. The van der Waals surface area contributed by atoms with E-state index >= 15 is 0 Å². The van der Waals surface area contributed by atoms with Gasteiger partial charge in [-0.2, -0.15) is 0 Å². The lowest BCUT2D eigenvalue weighted by Gasteiger charge is -2.15. The van der Waals surface area contributed by atoms with Gasteiger partial charge in [0.2, 0.25) is 0 Å². The smallest absolute Gasteiger partial charge is 0.323 e. The van der Waals surface area contributed by atoms with E-state index in [1.807, 2.05) is 23.1 Å². The second-order valence-corrected chi connectivity index (χ2v) is 3.19. The van der Waals surface area contributed by atoms with Gasteiger partial charge >= 0.3 is 5.97 Å². The third-order valence-electron chi connectivity index (χ3n) is 2.31. The Labute approximate surface area is 88.8 Å². The van der Waals surface area contributed by atoms with Crippen molar-refractivity contribution in [1.29, 1.82) is 0 Å². The highest BCUT2D eigenvalue weighted by atomic mass is 35.5. The van der Waals surface area contributed by atoms with E-state index in [1.165, 1.54) is 5.56 Å². The van der Waals surface area contributed by atoms with Crippen LogP contribution in [-0.4, -0.2) is 24.2 Å². The number of halogens is 1. The first-order valence-electron chi connectivity index (χ1n) is 4.32. The summed E-state index contributed by atoms with van der Waals surface area (Å²) in [6.45, 7) is 0.933. The molecular weight excluding hydrogens is 202 g/mol. The van der Waals surface area contributed by atoms with Gasteiger partial charge in [0.25, 0.3) is 0 Å². The van der Waals surface area contributed by atoms with Crippen LogP contribution in [0.5, 0.6) is 0 Å². The van der Waals surface area contributed by atoms with Crippen molar-refractivity contribution >= 4 is 24.1 Å². The van der Waals surface area contributed by atoms with Crippen LogP contribution in [0.15, 0.2) is 24.3 Å². The van der Waals surface area contributed by atoms with E-state index < -0.39 is 5.97 Å². The molecule has 1 aromatic carbocycles. The summed E-state index contributed by atoms with van der Waals surface area (Å²) in [5, 5.41) is 8.66. The molecule has 1 aliphatic rings. The van der Waals surface area contributed by atoms with Gasteiger partial charge in [0, 0.05) is 12.2 Å². The van der Waals surface area contributed by atoms with Gasteiger partial charge in [0.15, 0.2) is 0 Å². The van der Waals surface area contributed by atoms with Crippen molar-refractivity contribution in [3.63, 3.8) is 0 Å². The molecular formula is C10H12ClNO2. The number of carboxylic acid groups (broad SMARTS) is 1. The van der Waals surface area contributed by atoms with E-state index in [1.54, 1.807) is 0 Å². The molecule has 0 spiro atoms. The van der Waals surface area contributed by atoms with Crippen LogP contribution < -0.4 is 4.90 Å². The van der Waals surface area contributed by atoms with Gasteiger partial charge in [-0.3, -0.25) is 4.79 Å². The standard InChI is InChI=1S/C10H11NO2.ClH/c12-10(13)7-11-6-5-8-3-1-2-4-9(8)11;/h1-4H,5-7H2,(H,12,13);1H. The van der Waals surface area contributed by atoms with Gasteiger partial charge in [0.05, 0.1) is 0 Å². The van der Waals surface area contributed by atoms with Crippen LogP contribution in [0.2, 0.25) is 0 Å². The lowest BCUT2D eigenvalue weighted by molar-refractivity contribution is -0.135. The third kappa shape index (κ3) is 1.99. The van der Waals surface area contributed by atoms with Gasteiger partial charge in [-0.05, 0) is 18.1 Å². The SMILES string of the molecule is Cl.O=C(O)CN1CCc2ccccc21. The number of nitrogens with zero attached hydrogens (tertiary/aromatic N) is 1. The number of para-hydroxylation sites is 1. The molecule has 4 heteroatoms. The fourth-order valence-electron chi connectivity index (χ4n) is 1.73. The van der Waals surface area contributed by atoms with Crippen molar-refractivity contribution in [3.8, 4) is 0 Å². The maximum Gasteiger partial charge on any atom is 0.323 e. The lowest BCUT2D eigenvalue weighted by atomic mass is 10.2. The normalized spacial score (nSPS) is 13.3. The summed E-state index contributed by atoms with van der Waals surface area (Å²) in [5.74, 6) is -0.767. The fourth-order valence-corrected chi connectivity index (χ4v) is 1.73. The van der Waals surface area contributed by atoms with E-state index in [0.717, 1.165) is 18.7 Å². The molecule has 1 aliphatic heterocycles. The molecule has 0 atom stereocenters. The fraction of sp³-hybridized carbons (Fsp3) is 0.300. The molecule has 0 amide bonds. The summed E-state index contributed by atoms with van der Waals surface area (Å²) in [5.41, 5.74) is 2.33. The molecule has 0 radical (unpaired) electrons. The topological polar surface area (TPSA) is 40.5 Å². The van der Waals surface area contributed by atoms with E-state index in [9.17, 15) is 4.79 Å². The Hall–Kier alpha value is -1.22. The summed E-state index contributed by atoms with van der Waals surface area (Å²) >= 11 is 0. The number of carboxylic acids is 1. The van der Waals surface area contributed by atoms with Crippen LogP contribution in [-0.2, 0) is 11.2 Å². The molecule has 1 aromatic rings. The molecule has 0 aromatic heterocycles. The average molecular weight is 214 g/mol. The molecule has 0 aliphatic carbocycles. The summed E-state index contributed by atoms with van der Waals surface area (Å²) in [6, 6.07) is 7.96. The Bertz CT molecular complexity index is 341. The van der Waals surface area contributed by atoms with E-state index in [2.05, 4.69) is 6.07 Å². The highest BCUT2D eigenvalue weighted by Gasteiger charge is 2.19. The molecule has 76 valence electrons. The molecule has 0 bridgehead atoms. The second kappa shape index (κ2) is 4.33. The molecule has 14 heavy (non-hydrogen) atoms. The van der Waals surface area contributed by atoms with Gasteiger partial charge in [-0.15, -0.1) is 12.4 Å².